The first-order valence-corrected chi connectivity index (χ1v) is 8.82. The van der Waals surface area contributed by atoms with E-state index in [9.17, 15) is 4.79 Å². The molecule has 2 aromatic heterocycles. The second-order valence-electron chi connectivity index (χ2n) is 6.31. The minimum Gasteiger partial charge on any atom is -0.472 e. The van der Waals surface area contributed by atoms with Crippen LogP contribution in [0.15, 0.2) is 54.9 Å². The van der Waals surface area contributed by atoms with Crippen molar-refractivity contribution in [2.75, 3.05) is 19.8 Å². The van der Waals surface area contributed by atoms with E-state index in [1.807, 2.05) is 18.3 Å². The number of carbonyl (C=O) groups is 1. The SMILES string of the molecule is O=C(NCCn1ccc2ccccc21)c1ccnc(OC2CCOC2)c1. The van der Waals surface area contributed by atoms with E-state index in [0.717, 1.165) is 6.42 Å². The largest absolute Gasteiger partial charge is 0.472 e. The number of ether oxygens (including phenoxy) is 2. The molecule has 6 heteroatoms. The van der Waals surface area contributed by atoms with Gasteiger partial charge >= 0.3 is 0 Å². The lowest BCUT2D eigenvalue weighted by Gasteiger charge is -2.12. The molecule has 0 radical (unpaired) electrons. The molecule has 3 heterocycles. The number of fused-ring (bicyclic) bond motifs is 1. The van der Waals surface area contributed by atoms with Crippen LogP contribution < -0.4 is 10.1 Å². The molecule has 0 spiro atoms. The highest BCUT2D eigenvalue weighted by Crippen LogP contribution is 2.16. The number of para-hydroxylation sites is 1. The van der Waals surface area contributed by atoms with Gasteiger partial charge in [-0.25, -0.2) is 4.98 Å². The third kappa shape index (κ3) is 3.70. The molecule has 1 atom stereocenters. The summed E-state index contributed by atoms with van der Waals surface area (Å²) in [5.41, 5.74) is 1.71. The Morgan fingerprint density at radius 2 is 2.23 bits per heavy atom. The number of aromatic nitrogens is 2. The van der Waals surface area contributed by atoms with Crippen LogP contribution in [0.3, 0.4) is 0 Å². The molecule has 0 saturated carbocycles. The number of nitrogens with zero attached hydrogens (tertiary/aromatic N) is 2. The molecular formula is C20H21N3O3. The molecule has 1 saturated heterocycles. The van der Waals surface area contributed by atoms with Crippen molar-refractivity contribution in [3.05, 3.63) is 60.4 Å². The Labute approximate surface area is 151 Å². The number of amides is 1. The molecule has 4 rings (SSSR count). The van der Waals surface area contributed by atoms with Crippen molar-refractivity contribution < 1.29 is 14.3 Å². The molecule has 0 bridgehead atoms. The Bertz CT molecular complexity index is 900. The number of rotatable bonds is 6. The molecule has 6 nitrogen and oxygen atoms in total. The number of hydrogen-bond acceptors (Lipinski definition) is 4. The second kappa shape index (κ2) is 7.58. The van der Waals surface area contributed by atoms with Crippen LogP contribution in [-0.4, -0.2) is 41.3 Å². The van der Waals surface area contributed by atoms with Crippen LogP contribution in [0, 0.1) is 0 Å². The van der Waals surface area contributed by atoms with E-state index < -0.39 is 0 Å². The molecule has 0 aliphatic carbocycles. The Morgan fingerprint density at radius 3 is 3.12 bits per heavy atom. The highest BCUT2D eigenvalue weighted by Gasteiger charge is 2.18. The predicted octanol–water partition coefficient (Wildman–Crippen LogP) is 2.63. The van der Waals surface area contributed by atoms with Crippen molar-refractivity contribution >= 4 is 16.8 Å². The van der Waals surface area contributed by atoms with Crippen molar-refractivity contribution in [2.24, 2.45) is 0 Å². The number of nitrogens with one attached hydrogen (secondary N) is 1. The summed E-state index contributed by atoms with van der Waals surface area (Å²) in [5, 5.41) is 4.15. The van der Waals surface area contributed by atoms with Crippen molar-refractivity contribution in [3.63, 3.8) is 0 Å². The Kier molecular flexibility index (Phi) is 4.84. The minimum atomic E-state index is -0.128. The summed E-state index contributed by atoms with van der Waals surface area (Å²) in [4.78, 5) is 16.6. The summed E-state index contributed by atoms with van der Waals surface area (Å²) in [5.74, 6) is 0.334. The fraction of sp³-hybridized carbons (Fsp3) is 0.300. The highest BCUT2D eigenvalue weighted by atomic mass is 16.5. The van der Waals surface area contributed by atoms with Gasteiger partial charge in [-0.2, -0.15) is 0 Å². The number of pyridine rings is 1. The van der Waals surface area contributed by atoms with Gasteiger partial charge in [-0.15, -0.1) is 0 Å². The molecule has 26 heavy (non-hydrogen) atoms. The molecule has 1 aliphatic heterocycles. The van der Waals surface area contributed by atoms with Crippen molar-refractivity contribution in [1.29, 1.82) is 0 Å². The molecule has 134 valence electrons. The quantitative estimate of drug-likeness (QED) is 0.741. The van der Waals surface area contributed by atoms with Crippen LogP contribution in [-0.2, 0) is 11.3 Å². The van der Waals surface area contributed by atoms with E-state index in [-0.39, 0.29) is 12.0 Å². The van der Waals surface area contributed by atoms with Crippen LogP contribution >= 0.6 is 0 Å². The molecule has 1 fully saturated rings. The third-order valence-electron chi connectivity index (χ3n) is 4.49. The molecule has 1 aliphatic rings. The summed E-state index contributed by atoms with van der Waals surface area (Å²) >= 11 is 0. The van der Waals surface area contributed by atoms with E-state index in [1.54, 1.807) is 18.3 Å². The highest BCUT2D eigenvalue weighted by molar-refractivity contribution is 5.94. The second-order valence-corrected chi connectivity index (χ2v) is 6.31. The van der Waals surface area contributed by atoms with Gasteiger partial charge in [0.05, 0.1) is 13.2 Å². The topological polar surface area (TPSA) is 65.4 Å². The Morgan fingerprint density at radius 1 is 1.31 bits per heavy atom. The maximum absolute atomic E-state index is 12.4. The lowest BCUT2D eigenvalue weighted by molar-refractivity contribution is 0.0951. The van der Waals surface area contributed by atoms with Crippen LogP contribution in [0.1, 0.15) is 16.8 Å². The Hall–Kier alpha value is -2.86. The van der Waals surface area contributed by atoms with E-state index in [1.165, 1.54) is 10.9 Å². The number of carbonyl (C=O) groups excluding carboxylic acids is 1. The van der Waals surface area contributed by atoms with Crippen LogP contribution in [0.2, 0.25) is 0 Å². The van der Waals surface area contributed by atoms with Crippen LogP contribution in [0.25, 0.3) is 10.9 Å². The van der Waals surface area contributed by atoms with Gasteiger partial charge < -0.3 is 19.4 Å². The zero-order chi connectivity index (χ0) is 17.8. The van der Waals surface area contributed by atoms with Gasteiger partial charge in [0.15, 0.2) is 0 Å². The molecule has 1 aromatic carbocycles. The van der Waals surface area contributed by atoms with Gasteiger partial charge in [0.1, 0.15) is 6.10 Å². The maximum Gasteiger partial charge on any atom is 0.251 e. The molecule has 1 amide bonds. The first kappa shape index (κ1) is 16.6. The van der Waals surface area contributed by atoms with Gasteiger partial charge in [-0.05, 0) is 23.6 Å². The van der Waals surface area contributed by atoms with Gasteiger partial charge in [-0.3, -0.25) is 4.79 Å². The zero-order valence-corrected chi connectivity index (χ0v) is 14.4. The lowest BCUT2D eigenvalue weighted by Crippen LogP contribution is -2.27. The van der Waals surface area contributed by atoms with Crippen molar-refractivity contribution in [3.8, 4) is 5.88 Å². The van der Waals surface area contributed by atoms with Gasteiger partial charge in [0, 0.05) is 49.1 Å². The first-order valence-electron chi connectivity index (χ1n) is 8.82. The third-order valence-corrected chi connectivity index (χ3v) is 4.49. The monoisotopic (exact) mass is 351 g/mol. The summed E-state index contributed by atoms with van der Waals surface area (Å²) in [6.07, 6.45) is 4.50. The summed E-state index contributed by atoms with van der Waals surface area (Å²) < 4.78 is 13.2. The number of hydrogen-bond donors (Lipinski definition) is 1. The van der Waals surface area contributed by atoms with Gasteiger partial charge in [-0.1, -0.05) is 18.2 Å². The average Bonchev–Trinajstić information content (AvgIpc) is 3.32. The smallest absolute Gasteiger partial charge is 0.251 e. The van der Waals surface area contributed by atoms with E-state index in [4.69, 9.17) is 9.47 Å². The van der Waals surface area contributed by atoms with Gasteiger partial charge in [0.2, 0.25) is 5.88 Å². The first-order chi connectivity index (χ1) is 12.8. The van der Waals surface area contributed by atoms with Gasteiger partial charge in [0.25, 0.3) is 5.91 Å². The van der Waals surface area contributed by atoms with E-state index in [0.29, 0.717) is 37.7 Å². The predicted molar refractivity (Wildman–Crippen MR) is 98.4 cm³/mol. The summed E-state index contributed by atoms with van der Waals surface area (Å²) in [7, 11) is 0. The number of benzene rings is 1. The standard InChI is InChI=1S/C20H21N3O3/c24-20(16-5-8-21-19(13-16)26-17-7-12-25-14-17)22-9-11-23-10-6-15-3-1-2-4-18(15)23/h1-6,8,10,13,17H,7,9,11-12,14H2,(H,22,24). The molecule has 1 unspecified atom stereocenters. The van der Waals surface area contributed by atoms with Crippen molar-refractivity contribution in [1.82, 2.24) is 14.9 Å². The molecule has 1 N–H and O–H groups in total. The van der Waals surface area contributed by atoms with Crippen LogP contribution in [0.5, 0.6) is 5.88 Å². The summed E-state index contributed by atoms with van der Waals surface area (Å²) in [6.45, 7) is 2.54. The zero-order valence-electron chi connectivity index (χ0n) is 14.4. The van der Waals surface area contributed by atoms with E-state index >= 15 is 0 Å². The average molecular weight is 351 g/mol. The maximum atomic E-state index is 12.4. The fourth-order valence-corrected chi connectivity index (χ4v) is 3.12. The summed E-state index contributed by atoms with van der Waals surface area (Å²) in [6, 6.07) is 13.7. The minimum absolute atomic E-state index is 0.0165. The van der Waals surface area contributed by atoms with Crippen LogP contribution in [0.4, 0.5) is 0 Å². The van der Waals surface area contributed by atoms with E-state index in [2.05, 4.69) is 33.1 Å². The molecule has 3 aromatic rings. The lowest BCUT2D eigenvalue weighted by atomic mass is 10.2. The Balaban J connectivity index is 1.34. The molecular weight excluding hydrogens is 330 g/mol. The fourth-order valence-electron chi connectivity index (χ4n) is 3.12. The van der Waals surface area contributed by atoms with Crippen molar-refractivity contribution in [2.45, 2.75) is 19.1 Å². The normalized spacial score (nSPS) is 16.7.